The number of aliphatic carboxylic acids is 1. The van der Waals surface area contributed by atoms with E-state index in [0.717, 1.165) is 31.5 Å². The van der Waals surface area contributed by atoms with E-state index in [2.05, 4.69) is 10.2 Å². The molecule has 2 atom stereocenters. The van der Waals surface area contributed by atoms with Gasteiger partial charge in [-0.15, -0.1) is 0 Å². The van der Waals surface area contributed by atoms with E-state index in [1.54, 1.807) is 0 Å². The maximum Gasteiger partial charge on any atom is 0.303 e. The predicted octanol–water partition coefficient (Wildman–Crippen LogP) is 3.09. The third kappa shape index (κ3) is 5.80. The number of carboxylic acids is 1. The van der Waals surface area contributed by atoms with Crippen molar-refractivity contribution in [3.63, 3.8) is 0 Å². The zero-order chi connectivity index (χ0) is 17.5. The van der Waals surface area contributed by atoms with Gasteiger partial charge in [0.1, 0.15) is 0 Å². The second-order valence-electron chi connectivity index (χ2n) is 6.49. The Morgan fingerprint density at radius 1 is 1.42 bits per heavy atom. The van der Waals surface area contributed by atoms with Gasteiger partial charge in [0, 0.05) is 18.0 Å². The highest BCUT2D eigenvalue weighted by Crippen LogP contribution is 2.23. The van der Waals surface area contributed by atoms with Crippen molar-refractivity contribution in [2.45, 2.75) is 38.6 Å². The molecule has 1 amide bonds. The van der Waals surface area contributed by atoms with E-state index in [0.29, 0.717) is 23.9 Å². The van der Waals surface area contributed by atoms with Crippen LogP contribution in [0.25, 0.3) is 0 Å². The van der Waals surface area contributed by atoms with Crippen molar-refractivity contribution in [2.75, 3.05) is 19.6 Å². The number of hydrogen-bond donors (Lipinski definition) is 2. The molecule has 0 bridgehead atoms. The van der Waals surface area contributed by atoms with Crippen molar-refractivity contribution in [3.05, 3.63) is 34.9 Å². The fourth-order valence-corrected chi connectivity index (χ4v) is 3.55. The third-order valence-corrected chi connectivity index (χ3v) is 4.83. The summed E-state index contributed by atoms with van der Waals surface area (Å²) >= 11 is 6.16. The van der Waals surface area contributed by atoms with Crippen LogP contribution in [0.4, 0.5) is 0 Å². The number of amides is 1. The van der Waals surface area contributed by atoms with Gasteiger partial charge < -0.3 is 10.4 Å². The SMILES string of the molecule is CC(NC(=O)CN1CCCC(CCC(=O)O)C1)c1ccccc1Cl. The summed E-state index contributed by atoms with van der Waals surface area (Å²) in [6.45, 7) is 3.95. The van der Waals surface area contributed by atoms with Gasteiger partial charge in [0.15, 0.2) is 0 Å². The first-order valence-corrected chi connectivity index (χ1v) is 8.81. The van der Waals surface area contributed by atoms with Crippen molar-refractivity contribution in [1.82, 2.24) is 10.2 Å². The summed E-state index contributed by atoms with van der Waals surface area (Å²) in [5.74, 6) is -0.414. The van der Waals surface area contributed by atoms with Crippen molar-refractivity contribution >= 4 is 23.5 Å². The summed E-state index contributed by atoms with van der Waals surface area (Å²) in [5, 5.41) is 12.4. The Hall–Kier alpha value is -1.59. The van der Waals surface area contributed by atoms with Crippen LogP contribution in [-0.4, -0.2) is 41.5 Å². The number of nitrogens with zero attached hydrogens (tertiary/aromatic N) is 1. The summed E-state index contributed by atoms with van der Waals surface area (Å²) in [6, 6.07) is 7.36. The Morgan fingerprint density at radius 2 is 2.17 bits per heavy atom. The molecule has 1 fully saturated rings. The molecule has 1 aliphatic rings. The van der Waals surface area contributed by atoms with Crippen LogP contribution < -0.4 is 5.32 Å². The van der Waals surface area contributed by atoms with Crippen molar-refractivity contribution < 1.29 is 14.7 Å². The molecule has 132 valence electrons. The van der Waals surface area contributed by atoms with Crippen molar-refractivity contribution in [1.29, 1.82) is 0 Å². The van der Waals surface area contributed by atoms with Gasteiger partial charge in [0.25, 0.3) is 0 Å². The number of benzene rings is 1. The summed E-state index contributed by atoms with van der Waals surface area (Å²) in [7, 11) is 0. The maximum atomic E-state index is 12.3. The molecule has 2 unspecified atom stereocenters. The normalized spacial score (nSPS) is 19.7. The highest BCUT2D eigenvalue weighted by Gasteiger charge is 2.22. The maximum absolute atomic E-state index is 12.3. The molecule has 0 radical (unpaired) electrons. The van der Waals surface area contributed by atoms with Crippen LogP contribution in [-0.2, 0) is 9.59 Å². The van der Waals surface area contributed by atoms with E-state index >= 15 is 0 Å². The Balaban J connectivity index is 1.81. The van der Waals surface area contributed by atoms with Crippen LogP contribution in [0.3, 0.4) is 0 Å². The van der Waals surface area contributed by atoms with Crippen molar-refractivity contribution in [2.24, 2.45) is 5.92 Å². The molecule has 1 aromatic carbocycles. The quantitative estimate of drug-likeness (QED) is 0.791. The lowest BCUT2D eigenvalue weighted by atomic mass is 9.93. The Kier molecular flexibility index (Phi) is 7.06. The van der Waals surface area contributed by atoms with Gasteiger partial charge in [0.05, 0.1) is 12.6 Å². The lowest BCUT2D eigenvalue weighted by Gasteiger charge is -2.32. The number of piperidine rings is 1. The van der Waals surface area contributed by atoms with Gasteiger partial charge in [-0.2, -0.15) is 0 Å². The molecule has 5 nitrogen and oxygen atoms in total. The Bertz CT molecular complexity index is 579. The minimum Gasteiger partial charge on any atom is -0.481 e. The molecule has 1 heterocycles. The van der Waals surface area contributed by atoms with E-state index in [1.165, 1.54) is 0 Å². The highest BCUT2D eigenvalue weighted by molar-refractivity contribution is 6.31. The van der Waals surface area contributed by atoms with Gasteiger partial charge in [-0.3, -0.25) is 14.5 Å². The van der Waals surface area contributed by atoms with E-state index in [9.17, 15) is 9.59 Å². The van der Waals surface area contributed by atoms with Gasteiger partial charge in [-0.25, -0.2) is 0 Å². The van der Waals surface area contributed by atoms with Crippen LogP contribution in [0.15, 0.2) is 24.3 Å². The molecule has 0 saturated carbocycles. The molecular formula is C18H25ClN2O3. The molecule has 6 heteroatoms. The standard InChI is InChI=1S/C18H25ClN2O3/c1-13(15-6-2-3-7-16(15)19)20-17(22)12-21-10-4-5-14(11-21)8-9-18(23)24/h2-3,6-7,13-14H,4-5,8-12H2,1H3,(H,20,22)(H,23,24). The predicted molar refractivity (Wildman–Crippen MR) is 94.0 cm³/mol. The van der Waals surface area contributed by atoms with E-state index in [1.807, 2.05) is 31.2 Å². The molecule has 2 rings (SSSR count). The average Bonchev–Trinajstić information content (AvgIpc) is 2.53. The second kappa shape index (κ2) is 9.04. The first-order valence-electron chi connectivity index (χ1n) is 8.43. The first-order chi connectivity index (χ1) is 11.5. The van der Waals surface area contributed by atoms with Crippen molar-refractivity contribution in [3.8, 4) is 0 Å². The molecule has 24 heavy (non-hydrogen) atoms. The number of likely N-dealkylation sites (tertiary alicyclic amines) is 1. The molecule has 1 aliphatic heterocycles. The average molecular weight is 353 g/mol. The molecular weight excluding hydrogens is 328 g/mol. The highest BCUT2D eigenvalue weighted by atomic mass is 35.5. The zero-order valence-electron chi connectivity index (χ0n) is 14.0. The number of carbonyl (C=O) groups excluding carboxylic acids is 1. The summed E-state index contributed by atoms with van der Waals surface area (Å²) in [5.41, 5.74) is 0.908. The molecule has 2 N–H and O–H groups in total. The van der Waals surface area contributed by atoms with Gasteiger partial charge in [-0.05, 0) is 50.3 Å². The number of carboxylic acid groups (broad SMARTS) is 1. The van der Waals surface area contributed by atoms with Crippen LogP contribution in [0.2, 0.25) is 5.02 Å². The number of hydrogen-bond acceptors (Lipinski definition) is 3. The topological polar surface area (TPSA) is 69.6 Å². The second-order valence-corrected chi connectivity index (χ2v) is 6.89. The van der Waals surface area contributed by atoms with Gasteiger partial charge in [0.2, 0.25) is 5.91 Å². The van der Waals surface area contributed by atoms with E-state index < -0.39 is 5.97 Å². The van der Waals surface area contributed by atoms with Crippen LogP contribution >= 0.6 is 11.6 Å². The molecule has 1 aromatic rings. The van der Waals surface area contributed by atoms with Gasteiger partial charge in [-0.1, -0.05) is 29.8 Å². The number of rotatable bonds is 7. The van der Waals surface area contributed by atoms with Crippen LogP contribution in [0.1, 0.15) is 44.2 Å². The lowest BCUT2D eigenvalue weighted by Crippen LogP contribution is -2.43. The minimum absolute atomic E-state index is 0.0266. The number of halogens is 1. The Labute approximate surface area is 148 Å². The van der Waals surface area contributed by atoms with Crippen LogP contribution in [0.5, 0.6) is 0 Å². The monoisotopic (exact) mass is 352 g/mol. The molecule has 1 saturated heterocycles. The van der Waals surface area contributed by atoms with Gasteiger partial charge >= 0.3 is 5.97 Å². The summed E-state index contributed by atoms with van der Waals surface area (Å²) in [4.78, 5) is 25.1. The summed E-state index contributed by atoms with van der Waals surface area (Å²) in [6.07, 6.45) is 2.94. The smallest absolute Gasteiger partial charge is 0.303 e. The van der Waals surface area contributed by atoms with Crippen LogP contribution in [0, 0.1) is 5.92 Å². The largest absolute Gasteiger partial charge is 0.481 e. The number of nitrogens with one attached hydrogen (secondary N) is 1. The first kappa shape index (κ1) is 18.7. The number of carbonyl (C=O) groups is 2. The lowest BCUT2D eigenvalue weighted by molar-refractivity contribution is -0.137. The molecule has 0 spiro atoms. The third-order valence-electron chi connectivity index (χ3n) is 4.49. The van der Waals surface area contributed by atoms with E-state index in [-0.39, 0.29) is 18.4 Å². The fraction of sp³-hybridized carbons (Fsp3) is 0.556. The molecule has 0 aromatic heterocycles. The summed E-state index contributed by atoms with van der Waals surface area (Å²) < 4.78 is 0. The minimum atomic E-state index is -0.751. The van der Waals surface area contributed by atoms with E-state index in [4.69, 9.17) is 16.7 Å². The fourth-order valence-electron chi connectivity index (χ4n) is 3.25. The zero-order valence-corrected chi connectivity index (χ0v) is 14.8. The molecule has 0 aliphatic carbocycles. The Morgan fingerprint density at radius 3 is 2.88 bits per heavy atom.